The number of benzene rings is 11. The van der Waals surface area contributed by atoms with E-state index in [0.717, 1.165) is 10.8 Å². The zero-order valence-corrected chi connectivity index (χ0v) is 41.7. The van der Waals surface area contributed by atoms with Gasteiger partial charge in [0.1, 0.15) is 17.3 Å². The van der Waals surface area contributed by atoms with E-state index in [4.69, 9.17) is 30.8 Å². The summed E-state index contributed by atoms with van der Waals surface area (Å²) in [5.74, 6) is 0.209. The third-order valence-electron chi connectivity index (χ3n) is 13.3. The molecule has 0 aliphatic rings. The lowest BCUT2D eigenvalue weighted by Gasteiger charge is -2.36. The Morgan fingerprint density at radius 3 is 1.72 bits per heavy atom. The van der Waals surface area contributed by atoms with Gasteiger partial charge in [0.25, 0.3) is 6.33 Å². The Hall–Kier alpha value is -10.1. The molecule has 6 heteroatoms. The zero-order chi connectivity index (χ0) is 81.3. The first-order valence-electron chi connectivity index (χ1n) is 40.6. The van der Waals surface area contributed by atoms with Gasteiger partial charge in [-0.05, 0) is 110 Å². The first kappa shape index (κ1) is 24.0. The van der Waals surface area contributed by atoms with Crippen molar-refractivity contribution in [3.63, 3.8) is 0 Å². The molecule has 0 saturated heterocycles. The Bertz CT molecular complexity index is 6170. The highest BCUT2D eigenvalue weighted by atomic mass is 28.3. The van der Waals surface area contributed by atoms with Crippen LogP contribution in [0, 0.1) is 13.2 Å². The van der Waals surface area contributed by atoms with Gasteiger partial charge in [-0.1, -0.05) is 236 Å². The van der Waals surface area contributed by atoms with Crippen LogP contribution in [0.2, 0.25) is 0 Å². The highest BCUT2D eigenvalue weighted by Crippen LogP contribution is 2.37. The number of hydrogen-bond donors (Lipinski definition) is 0. The minimum atomic E-state index is -6.28. The lowest BCUT2D eigenvalue weighted by atomic mass is 10.0. The SMILES string of the molecule is [2H]c1c([2H])c([2H])c(-c2ccc3c(c2)n(-c2cccc(Oc4ccc5c6ccccc6n(-c6cc(C([2H])([2H])[2H])c(-c7c([2H])c([2H])c([2H])c([2H])c7[2H])cn6)c5c4)c2)[c-][n+]3-c2c(-c3c([2H])c([2H])c([2H])c([2H])c3[2H])cccc2[Si](c2c([2H])c([2H])c([2H])c([2H])c2[2H])(c2c([2H])c([2H])c([2H])c([2H])c2[2H])c2c([2H])c([2H])c([2H])c([2H])c2[2H])c([2H])c1[2H]. The summed E-state index contributed by atoms with van der Waals surface area (Å²) in [4.78, 5) is 4.67. The van der Waals surface area contributed by atoms with Crippen molar-refractivity contribution < 1.29 is 54.5 Å². The Morgan fingerprint density at radius 2 is 1.06 bits per heavy atom. The number of nitrogens with zero attached hydrogens (tertiary/aromatic N) is 4. The quantitative estimate of drug-likeness (QED) is 0.0529. The molecule has 374 valence electrons. The van der Waals surface area contributed by atoms with Crippen LogP contribution in [-0.2, 0) is 0 Å². The molecule has 5 nitrogen and oxygen atoms in total. The maximum Gasteiger partial charge on any atom is 0.269 e. The van der Waals surface area contributed by atoms with Gasteiger partial charge in [0.2, 0.25) is 0 Å². The van der Waals surface area contributed by atoms with Crippen LogP contribution >= 0.6 is 0 Å². The van der Waals surface area contributed by atoms with Gasteiger partial charge in [-0.3, -0.25) is 13.7 Å². The molecule has 0 radical (unpaired) electrons. The number of para-hydroxylation sites is 2. The highest BCUT2D eigenvalue weighted by molar-refractivity contribution is 7.20. The second-order valence-corrected chi connectivity index (χ2v) is 21.2. The lowest BCUT2D eigenvalue weighted by molar-refractivity contribution is -0.570. The van der Waals surface area contributed by atoms with Gasteiger partial charge in [-0.25, -0.2) is 4.98 Å². The minimum Gasteiger partial charge on any atom is -0.458 e. The van der Waals surface area contributed by atoms with Crippen molar-refractivity contribution in [2.45, 2.75) is 6.85 Å². The van der Waals surface area contributed by atoms with Gasteiger partial charge in [-0.15, -0.1) is 0 Å². The van der Waals surface area contributed by atoms with Crippen molar-refractivity contribution in [2.75, 3.05) is 0 Å². The van der Waals surface area contributed by atoms with Crippen LogP contribution in [0.5, 0.6) is 11.5 Å². The number of pyridine rings is 1. The van der Waals surface area contributed by atoms with Crippen molar-refractivity contribution in [1.82, 2.24) is 14.1 Å². The van der Waals surface area contributed by atoms with E-state index >= 15 is 0 Å². The molecule has 14 rings (SSSR count). The molecular formula is C73H52N4OSi. The molecular weight excluding hydrogens is 977 g/mol. The Balaban J connectivity index is 1.10. The molecule has 0 atom stereocenters. The normalized spacial score (nSPS) is 17.6. The molecule has 14 aromatic rings. The Labute approximate surface area is 507 Å². The number of aromatic nitrogens is 4. The van der Waals surface area contributed by atoms with E-state index in [2.05, 4.69) is 11.3 Å². The molecule has 0 fully saturated rings. The molecule has 0 bridgehead atoms. The van der Waals surface area contributed by atoms with Crippen molar-refractivity contribution in [1.29, 1.82) is 0 Å². The lowest BCUT2D eigenvalue weighted by Crippen LogP contribution is -2.76. The van der Waals surface area contributed by atoms with E-state index in [1.807, 2.05) is 6.07 Å². The Morgan fingerprint density at radius 1 is 0.481 bits per heavy atom. The minimum absolute atomic E-state index is 0.0324. The van der Waals surface area contributed by atoms with Crippen molar-refractivity contribution in [2.24, 2.45) is 0 Å². The summed E-state index contributed by atoms with van der Waals surface area (Å²) in [6.45, 7) is -2.95. The summed E-state index contributed by atoms with van der Waals surface area (Å²) in [5, 5.41) is -2.16. The number of imidazole rings is 1. The summed E-state index contributed by atoms with van der Waals surface area (Å²) in [5.41, 5.74) is -2.23. The van der Waals surface area contributed by atoms with Gasteiger partial charge >= 0.3 is 0 Å². The first-order valence-corrected chi connectivity index (χ1v) is 26.1. The average molecular weight is 1060 g/mol. The second kappa shape index (κ2) is 20.1. The molecule has 3 heterocycles. The van der Waals surface area contributed by atoms with Gasteiger partial charge in [-0.2, -0.15) is 0 Å². The van der Waals surface area contributed by atoms with Crippen LogP contribution in [-0.4, -0.2) is 22.2 Å². The fourth-order valence-electron chi connectivity index (χ4n) is 10.0. The topological polar surface area (TPSA) is 35.9 Å². The second-order valence-electron chi connectivity index (χ2n) is 17.6. The summed E-state index contributed by atoms with van der Waals surface area (Å²) in [6.07, 6.45) is 4.39. The molecule has 11 aromatic carbocycles. The maximum atomic E-state index is 9.98. The smallest absolute Gasteiger partial charge is 0.269 e. The van der Waals surface area contributed by atoms with E-state index in [9.17, 15) is 19.2 Å². The zero-order valence-electron chi connectivity index (χ0n) is 73.7. The molecule has 0 unspecified atom stereocenters. The maximum absolute atomic E-state index is 9.98. The average Bonchev–Trinajstić information content (AvgIpc) is 0.746. The molecule has 0 N–H and O–H groups in total. The number of aryl methyl sites for hydroxylation is 1. The third-order valence-corrected chi connectivity index (χ3v) is 17.6. The van der Waals surface area contributed by atoms with Crippen molar-refractivity contribution in [3.05, 3.63) is 309 Å². The monoisotopic (exact) mass is 1060 g/mol. The fourth-order valence-corrected chi connectivity index (χ4v) is 14.0. The molecule has 0 saturated carbocycles. The first-order chi connectivity index (χ1) is 52.7. The number of hydrogen-bond acceptors (Lipinski definition) is 2. The predicted molar refractivity (Wildman–Crippen MR) is 327 cm³/mol. The predicted octanol–water partition coefficient (Wildman–Crippen LogP) is 14.7. The fraction of sp³-hybridized carbons (Fsp3) is 0.0137. The van der Waals surface area contributed by atoms with Crippen LogP contribution in [0.15, 0.2) is 297 Å². The molecule has 0 spiro atoms. The Kier molecular flexibility index (Phi) is 6.11. The molecule has 0 aliphatic carbocycles. The van der Waals surface area contributed by atoms with Crippen LogP contribution in [0.1, 0.15) is 50.8 Å². The largest absolute Gasteiger partial charge is 0.458 e. The molecule has 79 heavy (non-hydrogen) atoms. The van der Waals surface area contributed by atoms with Gasteiger partial charge in [0.15, 0.2) is 8.07 Å². The summed E-state index contributed by atoms with van der Waals surface area (Å²) in [6, 6.07) is -1.14. The van der Waals surface area contributed by atoms with Crippen LogP contribution in [0.25, 0.3) is 83.4 Å². The number of ether oxygens (including phenoxy) is 1. The standard InChI is InChI=1S/C73H52N4OSi/c1-52-46-72(74-50-66(52)55-28-12-4-13-29-55)77-67-40-21-20-38-64(67)65-44-43-59(49-69(65)77)78-58-31-22-30-57(48-58)75-51-76(68-45-42-56(47-70(68)75)53-24-8-2-9-25-53)73-63(54-26-10-3-11-27-54)39-23-41-71(73)79(60-32-14-5-15-33-60,61-34-16-6-17-35-61)62-36-18-7-19-37-62/h2-50H,1H3/i1D3,2D,3D,4D,5D,6D,7D,8D,9D,10D,11D,12D,13D,14D,15D,16D,17D,18D,19D,24D,25D,26D,27D,28D,29D,32D,33D,34D,35D,36D,37D. The van der Waals surface area contributed by atoms with E-state index in [1.165, 1.54) is 71.3 Å². The van der Waals surface area contributed by atoms with E-state index in [1.54, 1.807) is 41.0 Å². The molecule has 0 aliphatic heterocycles. The molecule has 3 aromatic heterocycles. The number of fused-ring (bicyclic) bond motifs is 4. The van der Waals surface area contributed by atoms with E-state index < -0.39 is 239 Å². The van der Waals surface area contributed by atoms with Crippen LogP contribution in [0.3, 0.4) is 0 Å². The summed E-state index contributed by atoms with van der Waals surface area (Å²) >= 11 is 0. The molecule has 0 amide bonds. The highest BCUT2D eigenvalue weighted by Gasteiger charge is 2.44. The summed E-state index contributed by atoms with van der Waals surface area (Å²) < 4.78 is 312. The van der Waals surface area contributed by atoms with Gasteiger partial charge < -0.3 is 4.74 Å². The van der Waals surface area contributed by atoms with Gasteiger partial charge in [0, 0.05) is 32.7 Å². The third kappa shape index (κ3) is 8.34. The van der Waals surface area contributed by atoms with E-state index in [-0.39, 0.29) is 56.3 Å². The summed E-state index contributed by atoms with van der Waals surface area (Å²) in [7, 11) is -6.28. The van der Waals surface area contributed by atoms with Crippen molar-refractivity contribution >= 4 is 61.7 Å². The van der Waals surface area contributed by atoms with Gasteiger partial charge in [0.05, 0.1) is 74.6 Å². The number of rotatable bonds is 12. The van der Waals surface area contributed by atoms with Crippen LogP contribution in [0.4, 0.5) is 0 Å². The van der Waals surface area contributed by atoms with Crippen LogP contribution < -0.4 is 30.1 Å². The van der Waals surface area contributed by atoms with E-state index in [0.29, 0.717) is 21.8 Å². The van der Waals surface area contributed by atoms with Crippen molar-refractivity contribution in [3.8, 4) is 62.1 Å².